The fourth-order valence-electron chi connectivity index (χ4n) is 3.31. The lowest BCUT2D eigenvalue weighted by Crippen LogP contribution is -2.42. The van der Waals surface area contributed by atoms with Gasteiger partial charge in [0.1, 0.15) is 0 Å². The summed E-state index contributed by atoms with van der Waals surface area (Å²) >= 11 is 7.36. The van der Waals surface area contributed by atoms with Crippen molar-refractivity contribution in [3.63, 3.8) is 0 Å². The molecule has 17 heavy (non-hydrogen) atoms. The number of rotatable bonds is 2. The molecular formula is C14H17Br2N. The number of piperidine rings is 1. The number of alkyl halides is 1. The molecule has 2 bridgehead atoms. The molecule has 2 aliphatic heterocycles. The van der Waals surface area contributed by atoms with Crippen LogP contribution in [0.2, 0.25) is 0 Å². The molecule has 0 amide bonds. The van der Waals surface area contributed by atoms with Gasteiger partial charge in [-0.2, -0.15) is 0 Å². The van der Waals surface area contributed by atoms with Gasteiger partial charge in [-0.05, 0) is 43.4 Å². The quantitative estimate of drug-likeness (QED) is 0.711. The number of nitrogens with zero attached hydrogens (tertiary/aromatic N) is 1. The number of hydrogen-bond acceptors (Lipinski definition) is 1. The van der Waals surface area contributed by atoms with Crippen molar-refractivity contribution in [2.45, 2.75) is 49.1 Å². The second-order valence-electron chi connectivity index (χ2n) is 5.26. The first kappa shape index (κ1) is 12.2. The van der Waals surface area contributed by atoms with Gasteiger partial charge < -0.3 is 0 Å². The summed E-state index contributed by atoms with van der Waals surface area (Å²) in [6, 6.07) is 10.3. The van der Waals surface area contributed by atoms with Gasteiger partial charge >= 0.3 is 0 Å². The van der Waals surface area contributed by atoms with E-state index in [1.54, 1.807) is 0 Å². The van der Waals surface area contributed by atoms with Crippen molar-refractivity contribution in [3.8, 4) is 0 Å². The Morgan fingerprint density at radius 2 is 1.88 bits per heavy atom. The topological polar surface area (TPSA) is 3.24 Å². The third-order valence-corrected chi connectivity index (χ3v) is 5.32. The lowest BCUT2D eigenvalue weighted by molar-refractivity contribution is 0.137. The van der Waals surface area contributed by atoms with Crippen LogP contribution in [0.1, 0.15) is 31.2 Å². The predicted molar refractivity (Wildman–Crippen MR) is 78.4 cm³/mol. The Morgan fingerprint density at radius 3 is 2.53 bits per heavy atom. The first-order valence-electron chi connectivity index (χ1n) is 6.36. The molecule has 0 aliphatic carbocycles. The van der Waals surface area contributed by atoms with Gasteiger partial charge in [0.05, 0.1) is 0 Å². The summed E-state index contributed by atoms with van der Waals surface area (Å²) in [5, 5.41) is 0. The van der Waals surface area contributed by atoms with Crippen LogP contribution in [0.4, 0.5) is 0 Å². The van der Waals surface area contributed by atoms with Gasteiger partial charge in [0.15, 0.2) is 0 Å². The molecular weight excluding hydrogens is 342 g/mol. The third-order valence-electron chi connectivity index (χ3n) is 4.08. The van der Waals surface area contributed by atoms with Crippen molar-refractivity contribution in [3.05, 3.63) is 34.3 Å². The number of hydrogen-bond donors (Lipinski definition) is 0. The Labute approximate surface area is 120 Å². The van der Waals surface area contributed by atoms with Crippen molar-refractivity contribution in [1.82, 2.24) is 4.90 Å². The molecule has 0 saturated carbocycles. The lowest BCUT2D eigenvalue weighted by atomic mass is 10.0. The van der Waals surface area contributed by atoms with Crippen LogP contribution < -0.4 is 0 Å². The summed E-state index contributed by atoms with van der Waals surface area (Å²) in [4.78, 5) is 3.47. The normalized spacial score (nSPS) is 32.9. The molecule has 1 aromatic carbocycles. The molecule has 3 heteroatoms. The smallest absolute Gasteiger partial charge is 0.0240 e. The minimum atomic E-state index is 0.749. The van der Waals surface area contributed by atoms with Gasteiger partial charge in [0, 0.05) is 27.9 Å². The molecule has 0 N–H and O–H groups in total. The van der Waals surface area contributed by atoms with E-state index in [-0.39, 0.29) is 0 Å². The van der Waals surface area contributed by atoms with Crippen LogP contribution in [0.3, 0.4) is 0 Å². The number of halogens is 2. The minimum Gasteiger partial charge on any atom is -0.293 e. The van der Waals surface area contributed by atoms with Crippen LogP contribution in [0, 0.1) is 0 Å². The molecule has 3 rings (SSSR count). The van der Waals surface area contributed by atoms with Crippen LogP contribution in [-0.4, -0.2) is 21.8 Å². The number of benzene rings is 1. The van der Waals surface area contributed by atoms with E-state index < -0.39 is 0 Å². The SMILES string of the molecule is Brc1cccc(CN2C3CCC2CC(Br)C3)c1. The third kappa shape index (κ3) is 2.61. The Hall–Kier alpha value is 0.140. The molecule has 2 saturated heterocycles. The Morgan fingerprint density at radius 1 is 1.18 bits per heavy atom. The highest BCUT2D eigenvalue weighted by Crippen LogP contribution is 2.39. The van der Waals surface area contributed by atoms with Crippen molar-refractivity contribution >= 4 is 31.9 Å². The molecule has 0 spiro atoms. The van der Waals surface area contributed by atoms with Gasteiger partial charge in [-0.1, -0.05) is 44.0 Å². The largest absolute Gasteiger partial charge is 0.293 e. The van der Waals surface area contributed by atoms with Crippen LogP contribution in [-0.2, 0) is 6.54 Å². The summed E-state index contributed by atoms with van der Waals surface area (Å²) < 4.78 is 1.19. The van der Waals surface area contributed by atoms with Crippen molar-refractivity contribution < 1.29 is 0 Å². The molecule has 2 unspecified atom stereocenters. The minimum absolute atomic E-state index is 0.749. The van der Waals surface area contributed by atoms with E-state index in [4.69, 9.17) is 0 Å². The highest BCUT2D eigenvalue weighted by molar-refractivity contribution is 9.10. The standard InChI is InChI=1S/C14H17Br2N/c15-11-3-1-2-10(6-11)9-17-13-4-5-14(17)8-12(16)7-13/h1-3,6,12-14H,4-5,7-9H2. The highest BCUT2D eigenvalue weighted by Gasteiger charge is 2.39. The molecule has 2 heterocycles. The van der Waals surface area contributed by atoms with Gasteiger partial charge in [-0.25, -0.2) is 0 Å². The average molecular weight is 359 g/mol. The molecule has 2 fully saturated rings. The molecule has 1 aromatic rings. The van der Waals surface area contributed by atoms with Crippen LogP contribution in [0.15, 0.2) is 28.7 Å². The fourth-order valence-corrected chi connectivity index (χ4v) is 4.62. The highest BCUT2D eigenvalue weighted by atomic mass is 79.9. The van der Waals surface area contributed by atoms with Gasteiger partial charge in [0.2, 0.25) is 0 Å². The summed E-state index contributed by atoms with van der Waals surface area (Å²) in [6.45, 7) is 1.12. The van der Waals surface area contributed by atoms with Crippen molar-refractivity contribution in [2.24, 2.45) is 0 Å². The maximum atomic E-state index is 3.80. The van der Waals surface area contributed by atoms with E-state index in [1.165, 1.54) is 35.7 Å². The molecule has 1 nitrogen and oxygen atoms in total. The number of fused-ring (bicyclic) bond motifs is 2. The summed E-state index contributed by atoms with van der Waals surface area (Å²) in [7, 11) is 0. The zero-order chi connectivity index (χ0) is 11.8. The first-order chi connectivity index (χ1) is 8.22. The summed E-state index contributed by atoms with van der Waals surface area (Å²) in [5.41, 5.74) is 1.43. The second-order valence-corrected chi connectivity index (χ2v) is 7.47. The molecule has 2 atom stereocenters. The lowest BCUT2D eigenvalue weighted by Gasteiger charge is -2.37. The van der Waals surface area contributed by atoms with Gasteiger partial charge in [-0.15, -0.1) is 0 Å². The Balaban J connectivity index is 1.74. The molecule has 0 radical (unpaired) electrons. The molecule has 0 aromatic heterocycles. The summed E-state index contributed by atoms with van der Waals surface area (Å²) in [5.74, 6) is 0. The molecule has 2 aliphatic rings. The van der Waals surface area contributed by atoms with Crippen molar-refractivity contribution in [1.29, 1.82) is 0 Å². The maximum Gasteiger partial charge on any atom is 0.0240 e. The maximum absolute atomic E-state index is 3.80. The zero-order valence-corrected chi connectivity index (χ0v) is 13.0. The van der Waals surface area contributed by atoms with Crippen molar-refractivity contribution in [2.75, 3.05) is 0 Å². The van der Waals surface area contributed by atoms with Crippen LogP contribution in [0.5, 0.6) is 0 Å². The predicted octanol–water partition coefficient (Wildman–Crippen LogP) is 4.34. The van der Waals surface area contributed by atoms with E-state index in [0.717, 1.165) is 23.5 Å². The van der Waals surface area contributed by atoms with Gasteiger partial charge in [0.25, 0.3) is 0 Å². The van der Waals surface area contributed by atoms with E-state index in [9.17, 15) is 0 Å². The van der Waals surface area contributed by atoms with Crippen LogP contribution >= 0.6 is 31.9 Å². The zero-order valence-electron chi connectivity index (χ0n) is 9.78. The molecule has 92 valence electrons. The monoisotopic (exact) mass is 357 g/mol. The Kier molecular flexibility index (Phi) is 3.60. The van der Waals surface area contributed by atoms with Gasteiger partial charge in [-0.3, -0.25) is 4.90 Å². The van der Waals surface area contributed by atoms with E-state index in [0.29, 0.717) is 0 Å². The Bertz CT molecular complexity index is 393. The van der Waals surface area contributed by atoms with E-state index in [2.05, 4.69) is 61.0 Å². The average Bonchev–Trinajstić information content (AvgIpc) is 2.54. The second kappa shape index (κ2) is 5.02. The first-order valence-corrected chi connectivity index (χ1v) is 8.07. The van der Waals surface area contributed by atoms with Crippen LogP contribution in [0.25, 0.3) is 0 Å². The fraction of sp³-hybridized carbons (Fsp3) is 0.571. The van der Waals surface area contributed by atoms with E-state index in [1.807, 2.05) is 0 Å². The summed E-state index contributed by atoms with van der Waals surface area (Å²) in [6.07, 6.45) is 5.43. The van der Waals surface area contributed by atoms with E-state index >= 15 is 0 Å².